The Hall–Kier alpha value is -1.62. The highest BCUT2D eigenvalue weighted by Gasteiger charge is 2.35. The van der Waals surface area contributed by atoms with Crippen LogP contribution in [0.25, 0.3) is 0 Å². The first-order valence-electron chi connectivity index (χ1n) is 5.81. The van der Waals surface area contributed by atoms with Gasteiger partial charge in [-0.15, -0.1) is 0 Å². The summed E-state index contributed by atoms with van der Waals surface area (Å²) >= 11 is 0. The number of anilines is 1. The van der Waals surface area contributed by atoms with E-state index in [0.29, 0.717) is 6.54 Å². The molecule has 0 bridgehead atoms. The lowest BCUT2D eigenvalue weighted by Crippen LogP contribution is -2.57. The van der Waals surface area contributed by atoms with Gasteiger partial charge in [-0.05, 0) is 24.5 Å². The number of aromatic nitrogens is 1. The molecule has 5 nitrogen and oxygen atoms in total. The summed E-state index contributed by atoms with van der Waals surface area (Å²) in [6.07, 6.45) is 4.24. The number of amides is 1. The molecular formula is C12H18N4O. The molecule has 1 aliphatic rings. The van der Waals surface area contributed by atoms with E-state index in [0.717, 1.165) is 12.1 Å². The van der Waals surface area contributed by atoms with E-state index in [9.17, 15) is 4.79 Å². The van der Waals surface area contributed by atoms with Gasteiger partial charge in [-0.1, -0.05) is 6.92 Å². The molecule has 2 heterocycles. The number of hydrogen-bond acceptors (Lipinski definition) is 4. The van der Waals surface area contributed by atoms with E-state index >= 15 is 0 Å². The van der Waals surface area contributed by atoms with Gasteiger partial charge in [-0.3, -0.25) is 9.78 Å². The predicted octanol–water partition coefficient (Wildman–Crippen LogP) is 0.109. The Labute approximate surface area is 101 Å². The van der Waals surface area contributed by atoms with Crippen molar-refractivity contribution in [2.45, 2.75) is 25.4 Å². The fourth-order valence-electron chi connectivity index (χ4n) is 2.59. The van der Waals surface area contributed by atoms with E-state index in [1.807, 2.05) is 24.0 Å². The van der Waals surface area contributed by atoms with Gasteiger partial charge >= 0.3 is 0 Å². The van der Waals surface area contributed by atoms with Crippen molar-refractivity contribution < 1.29 is 4.79 Å². The Kier molecular flexibility index (Phi) is 3.28. The van der Waals surface area contributed by atoms with E-state index in [4.69, 9.17) is 11.5 Å². The molecule has 1 saturated heterocycles. The monoisotopic (exact) mass is 234 g/mol. The van der Waals surface area contributed by atoms with Crippen LogP contribution in [0.15, 0.2) is 24.5 Å². The summed E-state index contributed by atoms with van der Waals surface area (Å²) < 4.78 is 0. The van der Waals surface area contributed by atoms with Crippen LogP contribution in [0, 0.1) is 5.92 Å². The molecule has 1 aromatic heterocycles. The molecule has 0 saturated carbocycles. The highest BCUT2D eigenvalue weighted by molar-refractivity contribution is 5.84. The van der Waals surface area contributed by atoms with Crippen molar-refractivity contribution in [1.82, 2.24) is 4.98 Å². The standard InChI is InChI=1S/C12H18N4O/c1-8-6-9(13)7-16(11(8)12(14)17)10-2-4-15-5-3-10/h2-5,8-9,11H,6-7,13H2,1H3,(H2,14,17). The minimum Gasteiger partial charge on any atom is -0.368 e. The summed E-state index contributed by atoms with van der Waals surface area (Å²) in [6, 6.07) is 3.55. The Morgan fingerprint density at radius 1 is 1.47 bits per heavy atom. The molecule has 3 unspecified atom stereocenters. The maximum Gasteiger partial charge on any atom is 0.240 e. The molecule has 0 aromatic carbocycles. The third kappa shape index (κ3) is 2.39. The first-order chi connectivity index (χ1) is 8.09. The third-order valence-corrected chi connectivity index (χ3v) is 3.27. The molecule has 17 heavy (non-hydrogen) atoms. The first-order valence-corrected chi connectivity index (χ1v) is 5.81. The lowest BCUT2D eigenvalue weighted by atomic mass is 9.87. The molecular weight excluding hydrogens is 216 g/mol. The van der Waals surface area contributed by atoms with Crippen molar-refractivity contribution in [1.29, 1.82) is 0 Å². The Balaban J connectivity index is 2.31. The maximum absolute atomic E-state index is 11.6. The lowest BCUT2D eigenvalue weighted by Gasteiger charge is -2.42. The van der Waals surface area contributed by atoms with E-state index in [1.165, 1.54) is 0 Å². The van der Waals surface area contributed by atoms with Gasteiger partial charge in [0.15, 0.2) is 0 Å². The molecule has 5 heteroatoms. The van der Waals surface area contributed by atoms with Gasteiger partial charge in [0.25, 0.3) is 0 Å². The first kappa shape index (κ1) is 11.9. The van der Waals surface area contributed by atoms with Crippen LogP contribution in [0.3, 0.4) is 0 Å². The van der Waals surface area contributed by atoms with Crippen molar-refractivity contribution in [3.8, 4) is 0 Å². The van der Waals surface area contributed by atoms with Crippen LogP contribution in [0.1, 0.15) is 13.3 Å². The Bertz CT molecular complexity index is 395. The summed E-state index contributed by atoms with van der Waals surface area (Å²) in [5.41, 5.74) is 12.4. The molecule has 1 aromatic rings. The number of carbonyl (C=O) groups is 1. The molecule has 0 aliphatic carbocycles. The van der Waals surface area contributed by atoms with Crippen LogP contribution < -0.4 is 16.4 Å². The molecule has 92 valence electrons. The summed E-state index contributed by atoms with van der Waals surface area (Å²) in [7, 11) is 0. The molecule has 1 fully saturated rings. The Morgan fingerprint density at radius 3 is 2.71 bits per heavy atom. The number of primary amides is 1. The molecule has 4 N–H and O–H groups in total. The summed E-state index contributed by atoms with van der Waals surface area (Å²) in [5.74, 6) is -0.120. The van der Waals surface area contributed by atoms with Crippen LogP contribution in [0.2, 0.25) is 0 Å². The van der Waals surface area contributed by atoms with Crippen molar-refractivity contribution >= 4 is 11.6 Å². The molecule has 0 radical (unpaired) electrons. The molecule has 1 amide bonds. The number of carbonyl (C=O) groups excluding carboxylic acids is 1. The van der Waals surface area contributed by atoms with Gasteiger partial charge in [-0.25, -0.2) is 0 Å². The van der Waals surface area contributed by atoms with E-state index < -0.39 is 0 Å². The number of nitrogens with two attached hydrogens (primary N) is 2. The minimum absolute atomic E-state index is 0.0776. The van der Waals surface area contributed by atoms with Crippen LogP contribution in [-0.4, -0.2) is 29.5 Å². The smallest absolute Gasteiger partial charge is 0.240 e. The third-order valence-electron chi connectivity index (χ3n) is 3.27. The highest BCUT2D eigenvalue weighted by Crippen LogP contribution is 2.27. The van der Waals surface area contributed by atoms with Crippen molar-refractivity contribution in [3.63, 3.8) is 0 Å². The maximum atomic E-state index is 11.6. The topological polar surface area (TPSA) is 85.2 Å². The summed E-state index contributed by atoms with van der Waals surface area (Å²) in [5, 5.41) is 0. The van der Waals surface area contributed by atoms with Gasteiger partial charge < -0.3 is 16.4 Å². The quantitative estimate of drug-likeness (QED) is 0.760. The highest BCUT2D eigenvalue weighted by atomic mass is 16.1. The van der Waals surface area contributed by atoms with Crippen LogP contribution >= 0.6 is 0 Å². The normalized spacial score (nSPS) is 29.1. The molecule has 2 rings (SSSR count). The number of nitrogens with zero attached hydrogens (tertiary/aromatic N) is 2. The fourth-order valence-corrected chi connectivity index (χ4v) is 2.59. The predicted molar refractivity (Wildman–Crippen MR) is 66.3 cm³/mol. The van der Waals surface area contributed by atoms with Crippen molar-refractivity contribution in [3.05, 3.63) is 24.5 Å². The summed E-state index contributed by atoms with van der Waals surface area (Å²) in [6.45, 7) is 2.67. The van der Waals surface area contributed by atoms with Gasteiger partial charge in [-0.2, -0.15) is 0 Å². The Morgan fingerprint density at radius 2 is 2.12 bits per heavy atom. The van der Waals surface area contributed by atoms with Gasteiger partial charge in [0.05, 0.1) is 0 Å². The number of piperidine rings is 1. The molecule has 0 spiro atoms. The van der Waals surface area contributed by atoms with Crippen LogP contribution in [-0.2, 0) is 4.79 Å². The van der Waals surface area contributed by atoms with E-state index in [-0.39, 0.29) is 23.9 Å². The number of rotatable bonds is 2. The SMILES string of the molecule is CC1CC(N)CN(c2ccncc2)C1C(N)=O. The molecule has 3 atom stereocenters. The average Bonchev–Trinajstić information content (AvgIpc) is 2.28. The van der Waals surface area contributed by atoms with Gasteiger partial charge in [0.2, 0.25) is 5.91 Å². The van der Waals surface area contributed by atoms with Crippen LogP contribution in [0.5, 0.6) is 0 Å². The zero-order chi connectivity index (χ0) is 12.4. The number of pyridine rings is 1. The largest absolute Gasteiger partial charge is 0.368 e. The zero-order valence-electron chi connectivity index (χ0n) is 9.91. The van der Waals surface area contributed by atoms with E-state index in [2.05, 4.69) is 4.98 Å². The zero-order valence-corrected chi connectivity index (χ0v) is 9.91. The summed E-state index contributed by atoms with van der Waals surface area (Å²) in [4.78, 5) is 17.5. The minimum atomic E-state index is -0.291. The van der Waals surface area contributed by atoms with Crippen LogP contribution in [0.4, 0.5) is 5.69 Å². The van der Waals surface area contributed by atoms with Crippen molar-refractivity contribution in [2.24, 2.45) is 17.4 Å². The second-order valence-corrected chi connectivity index (χ2v) is 4.68. The fraction of sp³-hybridized carbons (Fsp3) is 0.500. The van der Waals surface area contributed by atoms with Crippen molar-refractivity contribution in [2.75, 3.05) is 11.4 Å². The lowest BCUT2D eigenvalue weighted by molar-refractivity contribution is -0.120. The van der Waals surface area contributed by atoms with Gasteiger partial charge in [0, 0.05) is 30.7 Å². The average molecular weight is 234 g/mol. The van der Waals surface area contributed by atoms with E-state index in [1.54, 1.807) is 12.4 Å². The van der Waals surface area contributed by atoms with Gasteiger partial charge in [0.1, 0.15) is 6.04 Å². The number of hydrogen-bond donors (Lipinski definition) is 2. The second-order valence-electron chi connectivity index (χ2n) is 4.68. The second kappa shape index (κ2) is 4.71. The molecule has 1 aliphatic heterocycles.